The molecule has 0 fully saturated rings. The van der Waals surface area contributed by atoms with E-state index in [1.165, 1.54) is 21.8 Å². The molecule has 0 unspecified atom stereocenters. The van der Waals surface area contributed by atoms with Gasteiger partial charge in [-0.1, -0.05) is 133 Å². The maximum atomic E-state index is 6.61. The normalized spacial score (nSPS) is 11.6. The monoisotopic (exact) mass is 640 g/mol. The van der Waals surface area contributed by atoms with E-state index in [0.29, 0.717) is 17.5 Å². The quantitative estimate of drug-likeness (QED) is 0.188. The zero-order valence-electron chi connectivity index (χ0n) is 26.9. The summed E-state index contributed by atoms with van der Waals surface area (Å²) in [5.74, 6) is 1.85. The molecule has 50 heavy (non-hydrogen) atoms. The number of furan rings is 1. The minimum absolute atomic E-state index is 0.595. The third kappa shape index (κ3) is 4.52. The van der Waals surface area contributed by atoms with Gasteiger partial charge in [0, 0.05) is 49.5 Å². The first-order valence-electron chi connectivity index (χ1n) is 16.7. The van der Waals surface area contributed by atoms with Gasteiger partial charge in [0.15, 0.2) is 17.5 Å². The van der Waals surface area contributed by atoms with Gasteiger partial charge in [0.2, 0.25) is 0 Å². The van der Waals surface area contributed by atoms with Crippen LogP contribution in [0.4, 0.5) is 0 Å². The zero-order chi connectivity index (χ0) is 33.0. The van der Waals surface area contributed by atoms with Crippen LogP contribution in [0, 0.1) is 0 Å². The zero-order valence-corrected chi connectivity index (χ0v) is 26.9. The molecule has 0 N–H and O–H groups in total. The number of benzene rings is 7. The number of fused-ring (bicyclic) bond motifs is 6. The first-order valence-corrected chi connectivity index (χ1v) is 16.7. The molecule has 0 aliphatic heterocycles. The summed E-state index contributed by atoms with van der Waals surface area (Å²) in [6.07, 6.45) is 0. The Morgan fingerprint density at radius 1 is 0.400 bits per heavy atom. The van der Waals surface area contributed by atoms with E-state index in [0.717, 1.165) is 55.4 Å². The first-order chi connectivity index (χ1) is 24.8. The van der Waals surface area contributed by atoms with Gasteiger partial charge in [0.1, 0.15) is 11.2 Å². The summed E-state index contributed by atoms with van der Waals surface area (Å²) in [4.78, 5) is 14.8. The SMILES string of the molecule is c1ccc(-c2nc(-c3ccccc3)nc(-c3ccc4c(c3)oc3cccc(-c5cccc6c7ccccc7n(-c7ccccc7)c56)c34)n2)cc1. The maximum Gasteiger partial charge on any atom is 0.164 e. The molecule has 0 saturated heterocycles. The van der Waals surface area contributed by atoms with Crippen molar-refractivity contribution >= 4 is 43.7 Å². The Labute approximate surface area is 287 Å². The Balaban J connectivity index is 1.18. The van der Waals surface area contributed by atoms with Gasteiger partial charge in [-0.2, -0.15) is 0 Å². The topological polar surface area (TPSA) is 56.7 Å². The highest BCUT2D eigenvalue weighted by molar-refractivity contribution is 6.19. The Kier molecular flexibility index (Phi) is 6.42. The number of aromatic nitrogens is 4. The Morgan fingerprint density at radius 3 is 1.70 bits per heavy atom. The van der Waals surface area contributed by atoms with Crippen LogP contribution in [0.25, 0.3) is 94.7 Å². The van der Waals surface area contributed by atoms with E-state index in [1.807, 2.05) is 60.7 Å². The van der Waals surface area contributed by atoms with Crippen molar-refractivity contribution in [2.45, 2.75) is 0 Å². The third-order valence-electron chi connectivity index (χ3n) is 9.45. The molecule has 234 valence electrons. The molecule has 0 radical (unpaired) electrons. The molecule has 7 aromatic carbocycles. The van der Waals surface area contributed by atoms with Crippen molar-refractivity contribution in [2.24, 2.45) is 0 Å². The van der Waals surface area contributed by atoms with E-state index in [4.69, 9.17) is 19.4 Å². The van der Waals surface area contributed by atoms with E-state index in [2.05, 4.69) is 114 Å². The average Bonchev–Trinajstić information content (AvgIpc) is 3.74. The van der Waals surface area contributed by atoms with Crippen molar-refractivity contribution in [1.82, 2.24) is 19.5 Å². The Morgan fingerprint density at radius 2 is 0.980 bits per heavy atom. The first kappa shape index (κ1) is 28.2. The number of para-hydroxylation sites is 3. The van der Waals surface area contributed by atoms with E-state index >= 15 is 0 Å². The van der Waals surface area contributed by atoms with Crippen molar-refractivity contribution in [1.29, 1.82) is 0 Å². The molecular weight excluding hydrogens is 613 g/mol. The molecule has 3 aromatic heterocycles. The lowest BCUT2D eigenvalue weighted by Gasteiger charge is -2.12. The van der Waals surface area contributed by atoms with Crippen molar-refractivity contribution < 1.29 is 4.42 Å². The molecule has 0 atom stereocenters. The summed E-state index contributed by atoms with van der Waals surface area (Å²) in [6.45, 7) is 0. The second-order valence-electron chi connectivity index (χ2n) is 12.4. The summed E-state index contributed by atoms with van der Waals surface area (Å²) in [7, 11) is 0. The molecular formula is C45H28N4O. The molecule has 0 spiro atoms. The molecule has 10 rings (SSSR count). The Hall–Kier alpha value is -6.85. The van der Waals surface area contributed by atoms with E-state index in [-0.39, 0.29) is 0 Å². The summed E-state index contributed by atoms with van der Waals surface area (Å²) < 4.78 is 9.00. The molecule has 0 aliphatic carbocycles. The van der Waals surface area contributed by atoms with Crippen LogP contribution in [-0.2, 0) is 0 Å². The standard InChI is InChI=1S/C45H28N4O/c1-4-14-29(15-5-1)43-46-44(30-16-6-2-7-17-30)48-45(47-43)31-26-27-37-40(28-31)50-39-25-13-21-34(41(37)39)36-23-12-22-35-33-20-10-11-24-38(33)49(42(35)36)32-18-8-3-9-19-32/h1-28H. The third-order valence-corrected chi connectivity index (χ3v) is 9.45. The molecule has 3 heterocycles. The highest BCUT2D eigenvalue weighted by Gasteiger charge is 2.20. The Bertz CT molecular complexity index is 2800. The fraction of sp³-hybridized carbons (Fsp3) is 0. The maximum absolute atomic E-state index is 6.61. The van der Waals surface area contributed by atoms with Crippen LogP contribution in [0.1, 0.15) is 0 Å². The molecule has 0 saturated carbocycles. The molecule has 0 amide bonds. The van der Waals surface area contributed by atoms with Crippen LogP contribution in [0.15, 0.2) is 174 Å². The van der Waals surface area contributed by atoms with E-state index in [1.54, 1.807) is 0 Å². The van der Waals surface area contributed by atoms with Gasteiger partial charge in [-0.05, 0) is 42.0 Å². The number of hydrogen-bond acceptors (Lipinski definition) is 4. The highest BCUT2D eigenvalue weighted by atomic mass is 16.3. The lowest BCUT2D eigenvalue weighted by molar-refractivity contribution is 0.669. The van der Waals surface area contributed by atoms with Crippen LogP contribution in [-0.4, -0.2) is 19.5 Å². The summed E-state index contributed by atoms with van der Waals surface area (Å²) >= 11 is 0. The number of hydrogen-bond donors (Lipinski definition) is 0. The molecule has 5 nitrogen and oxygen atoms in total. The van der Waals surface area contributed by atoms with Gasteiger partial charge in [0.05, 0.1) is 11.0 Å². The van der Waals surface area contributed by atoms with E-state index < -0.39 is 0 Å². The van der Waals surface area contributed by atoms with Crippen LogP contribution in [0.2, 0.25) is 0 Å². The predicted octanol–water partition coefficient (Wildman–Crippen LogP) is 11.5. The second kappa shape index (κ2) is 11.4. The lowest BCUT2D eigenvalue weighted by atomic mass is 9.97. The van der Waals surface area contributed by atoms with Crippen molar-refractivity contribution in [3.63, 3.8) is 0 Å². The van der Waals surface area contributed by atoms with Crippen LogP contribution in [0.5, 0.6) is 0 Å². The largest absolute Gasteiger partial charge is 0.456 e. The summed E-state index contributed by atoms with van der Waals surface area (Å²) in [6, 6.07) is 58.6. The fourth-order valence-electron chi connectivity index (χ4n) is 7.21. The van der Waals surface area contributed by atoms with Crippen LogP contribution < -0.4 is 0 Å². The van der Waals surface area contributed by atoms with Gasteiger partial charge in [-0.3, -0.25) is 0 Å². The number of nitrogens with zero attached hydrogens (tertiary/aromatic N) is 4. The van der Waals surface area contributed by atoms with Crippen molar-refractivity contribution in [3.05, 3.63) is 170 Å². The smallest absolute Gasteiger partial charge is 0.164 e. The minimum Gasteiger partial charge on any atom is -0.456 e. The van der Waals surface area contributed by atoms with Gasteiger partial charge >= 0.3 is 0 Å². The second-order valence-corrected chi connectivity index (χ2v) is 12.4. The lowest BCUT2D eigenvalue weighted by Crippen LogP contribution is -2.00. The van der Waals surface area contributed by atoms with Gasteiger partial charge in [-0.15, -0.1) is 0 Å². The van der Waals surface area contributed by atoms with Gasteiger partial charge < -0.3 is 8.98 Å². The summed E-state index contributed by atoms with van der Waals surface area (Å²) in [5, 5.41) is 4.56. The molecule has 0 bridgehead atoms. The number of rotatable bonds is 5. The highest BCUT2D eigenvalue weighted by Crippen LogP contribution is 2.43. The predicted molar refractivity (Wildman–Crippen MR) is 203 cm³/mol. The van der Waals surface area contributed by atoms with Gasteiger partial charge in [0.25, 0.3) is 0 Å². The van der Waals surface area contributed by atoms with E-state index in [9.17, 15) is 0 Å². The van der Waals surface area contributed by atoms with Gasteiger partial charge in [-0.25, -0.2) is 15.0 Å². The molecule has 5 heteroatoms. The van der Waals surface area contributed by atoms with Crippen molar-refractivity contribution in [2.75, 3.05) is 0 Å². The average molecular weight is 641 g/mol. The fourth-order valence-corrected chi connectivity index (χ4v) is 7.21. The summed E-state index contributed by atoms with van der Waals surface area (Å²) in [5.41, 5.74) is 10.1. The molecule has 0 aliphatic rings. The minimum atomic E-state index is 0.595. The van der Waals surface area contributed by atoms with Crippen LogP contribution in [0.3, 0.4) is 0 Å². The molecule has 10 aromatic rings. The van der Waals surface area contributed by atoms with Crippen LogP contribution >= 0.6 is 0 Å². The van der Waals surface area contributed by atoms with Crippen molar-refractivity contribution in [3.8, 4) is 51.0 Å².